The molecule has 0 aliphatic carbocycles. The number of carbonyl (C=O) groups excluding carboxylic acids is 1. The molecule has 5 rings (SSSR count). The van der Waals surface area contributed by atoms with Gasteiger partial charge in [-0.3, -0.25) is 4.79 Å². The molecule has 2 fully saturated rings. The monoisotopic (exact) mass is 484 g/mol. The Hall–Kier alpha value is -2.72. The van der Waals surface area contributed by atoms with Gasteiger partial charge in [0.1, 0.15) is 5.58 Å². The van der Waals surface area contributed by atoms with E-state index in [2.05, 4.69) is 5.32 Å². The van der Waals surface area contributed by atoms with Crippen LogP contribution in [0.3, 0.4) is 0 Å². The SMILES string of the molecule is Cc1ccc(NC(=O)c2oc3ccc(S(=O)(=O)N4CCC5(CC4)OCCO5)cc3c2C)c(C)c1. The number of ether oxygens (including phenoxy) is 2. The second-order valence-corrected chi connectivity index (χ2v) is 10.9. The fraction of sp³-hybridized carbons (Fsp3) is 0.400. The fourth-order valence-corrected chi connectivity index (χ4v) is 6.18. The Morgan fingerprint density at radius 2 is 1.71 bits per heavy atom. The summed E-state index contributed by atoms with van der Waals surface area (Å²) in [5.41, 5.74) is 3.83. The number of nitrogens with one attached hydrogen (secondary N) is 1. The third-order valence-electron chi connectivity index (χ3n) is 6.68. The average molecular weight is 485 g/mol. The summed E-state index contributed by atoms with van der Waals surface area (Å²) in [6, 6.07) is 10.5. The molecule has 0 saturated carbocycles. The molecule has 2 aliphatic heterocycles. The van der Waals surface area contributed by atoms with Crippen LogP contribution in [0, 0.1) is 20.8 Å². The first kappa shape index (κ1) is 23.0. The van der Waals surface area contributed by atoms with Crippen LogP contribution in [-0.4, -0.2) is 50.7 Å². The zero-order valence-corrected chi connectivity index (χ0v) is 20.3. The van der Waals surface area contributed by atoms with Gasteiger partial charge in [-0.1, -0.05) is 17.7 Å². The van der Waals surface area contributed by atoms with E-state index in [1.807, 2.05) is 32.0 Å². The van der Waals surface area contributed by atoms with Crippen molar-refractivity contribution in [1.29, 1.82) is 0 Å². The topological polar surface area (TPSA) is 98.1 Å². The molecule has 9 heteroatoms. The van der Waals surface area contributed by atoms with Crippen LogP contribution in [0.25, 0.3) is 11.0 Å². The van der Waals surface area contributed by atoms with Gasteiger partial charge < -0.3 is 19.2 Å². The van der Waals surface area contributed by atoms with Gasteiger partial charge in [-0.15, -0.1) is 0 Å². The first-order chi connectivity index (χ1) is 16.2. The van der Waals surface area contributed by atoms with Crippen LogP contribution in [0.15, 0.2) is 45.7 Å². The van der Waals surface area contributed by atoms with E-state index in [9.17, 15) is 13.2 Å². The molecule has 3 aromatic rings. The molecule has 1 N–H and O–H groups in total. The number of hydrogen-bond donors (Lipinski definition) is 1. The molecular formula is C25H28N2O6S. The second-order valence-electron chi connectivity index (χ2n) is 9.00. The van der Waals surface area contributed by atoms with Crippen molar-refractivity contribution in [3.8, 4) is 0 Å². The van der Waals surface area contributed by atoms with Crippen molar-refractivity contribution in [2.45, 2.75) is 44.3 Å². The number of fused-ring (bicyclic) bond motifs is 1. The van der Waals surface area contributed by atoms with E-state index in [0.717, 1.165) is 11.1 Å². The van der Waals surface area contributed by atoms with Crippen LogP contribution in [0.5, 0.6) is 0 Å². The molecule has 0 bridgehead atoms. The third-order valence-corrected chi connectivity index (χ3v) is 8.57. The molecule has 0 unspecified atom stereocenters. The first-order valence-corrected chi connectivity index (χ1v) is 12.8. The summed E-state index contributed by atoms with van der Waals surface area (Å²) >= 11 is 0. The highest BCUT2D eigenvalue weighted by Crippen LogP contribution is 2.35. The molecule has 3 heterocycles. The van der Waals surface area contributed by atoms with Crippen LogP contribution in [0.1, 0.15) is 40.1 Å². The molecule has 180 valence electrons. The minimum Gasteiger partial charge on any atom is -0.451 e. The lowest BCUT2D eigenvalue weighted by Crippen LogP contribution is -2.47. The summed E-state index contributed by atoms with van der Waals surface area (Å²) in [7, 11) is -3.71. The summed E-state index contributed by atoms with van der Waals surface area (Å²) in [5.74, 6) is -0.849. The Balaban J connectivity index is 1.39. The Kier molecular flexibility index (Phi) is 5.76. The number of amides is 1. The number of aryl methyl sites for hydroxylation is 3. The summed E-state index contributed by atoms with van der Waals surface area (Å²) in [6.45, 7) is 7.43. The van der Waals surface area contributed by atoms with Crippen molar-refractivity contribution in [3.05, 3.63) is 58.8 Å². The number of benzene rings is 2. The number of carbonyl (C=O) groups is 1. The molecule has 2 aromatic carbocycles. The van der Waals surface area contributed by atoms with Gasteiger partial charge in [0.25, 0.3) is 5.91 Å². The third kappa shape index (κ3) is 4.02. The van der Waals surface area contributed by atoms with Crippen molar-refractivity contribution in [2.75, 3.05) is 31.6 Å². The van der Waals surface area contributed by atoms with Crippen molar-refractivity contribution >= 4 is 32.6 Å². The van der Waals surface area contributed by atoms with Gasteiger partial charge in [-0.05, 0) is 50.6 Å². The zero-order valence-electron chi connectivity index (χ0n) is 19.5. The maximum absolute atomic E-state index is 13.3. The maximum Gasteiger partial charge on any atom is 0.291 e. The van der Waals surface area contributed by atoms with Crippen molar-refractivity contribution in [1.82, 2.24) is 4.31 Å². The van der Waals surface area contributed by atoms with Crippen LogP contribution in [0.4, 0.5) is 5.69 Å². The van der Waals surface area contributed by atoms with Crippen molar-refractivity contribution in [2.24, 2.45) is 0 Å². The van der Waals surface area contributed by atoms with E-state index in [-0.39, 0.29) is 16.6 Å². The van der Waals surface area contributed by atoms with Gasteiger partial charge in [-0.25, -0.2) is 8.42 Å². The number of hydrogen-bond acceptors (Lipinski definition) is 6. The summed E-state index contributed by atoms with van der Waals surface area (Å²) < 4.78 is 45.4. The highest BCUT2D eigenvalue weighted by molar-refractivity contribution is 7.89. The Labute approximate surface area is 198 Å². The van der Waals surface area contributed by atoms with Crippen LogP contribution in [-0.2, 0) is 19.5 Å². The number of sulfonamides is 1. The molecular weight excluding hydrogens is 456 g/mol. The number of nitrogens with zero attached hydrogens (tertiary/aromatic N) is 1. The number of furan rings is 1. The fourth-order valence-electron chi connectivity index (χ4n) is 4.71. The summed E-state index contributed by atoms with van der Waals surface area (Å²) in [6.07, 6.45) is 1.00. The Morgan fingerprint density at radius 1 is 1.00 bits per heavy atom. The largest absolute Gasteiger partial charge is 0.451 e. The average Bonchev–Trinajstić information content (AvgIpc) is 3.40. The van der Waals surface area contributed by atoms with Crippen LogP contribution >= 0.6 is 0 Å². The number of rotatable bonds is 4. The standard InChI is InChI=1S/C25H28N2O6S/c1-16-4-6-21(17(2)14-16)26-24(28)23-18(3)20-15-19(5-7-22(20)33-23)34(29,30)27-10-8-25(9-11-27)31-12-13-32-25/h4-7,14-15H,8-13H2,1-3H3,(H,26,28). The van der Waals surface area contributed by atoms with E-state index in [4.69, 9.17) is 13.9 Å². The smallest absolute Gasteiger partial charge is 0.291 e. The van der Waals surface area contributed by atoms with Gasteiger partial charge in [0.15, 0.2) is 11.5 Å². The molecule has 2 aliphatic rings. The molecule has 34 heavy (non-hydrogen) atoms. The predicted octanol–water partition coefficient (Wildman–Crippen LogP) is 4.14. The lowest BCUT2D eigenvalue weighted by Gasteiger charge is -2.36. The Bertz CT molecular complexity index is 1360. The van der Waals surface area contributed by atoms with Gasteiger partial charge in [0.2, 0.25) is 10.0 Å². The van der Waals surface area contributed by atoms with Gasteiger partial charge in [0, 0.05) is 42.6 Å². The summed E-state index contributed by atoms with van der Waals surface area (Å²) in [5, 5.41) is 3.49. The van der Waals surface area contributed by atoms with E-state index in [0.29, 0.717) is 61.4 Å². The molecule has 1 aromatic heterocycles. The summed E-state index contributed by atoms with van der Waals surface area (Å²) in [4.78, 5) is 13.1. The zero-order chi connectivity index (χ0) is 24.1. The highest BCUT2D eigenvalue weighted by atomic mass is 32.2. The van der Waals surface area contributed by atoms with E-state index < -0.39 is 15.8 Å². The molecule has 0 radical (unpaired) electrons. The molecule has 1 spiro atoms. The van der Waals surface area contributed by atoms with E-state index in [1.54, 1.807) is 19.1 Å². The van der Waals surface area contributed by atoms with E-state index >= 15 is 0 Å². The number of anilines is 1. The first-order valence-electron chi connectivity index (χ1n) is 11.4. The van der Waals surface area contributed by atoms with Crippen molar-refractivity contribution in [3.63, 3.8) is 0 Å². The maximum atomic E-state index is 13.3. The molecule has 0 atom stereocenters. The van der Waals surface area contributed by atoms with Gasteiger partial charge in [-0.2, -0.15) is 4.31 Å². The lowest BCUT2D eigenvalue weighted by molar-refractivity contribution is -0.179. The quantitative estimate of drug-likeness (QED) is 0.598. The van der Waals surface area contributed by atoms with Crippen LogP contribution in [0.2, 0.25) is 0 Å². The minimum absolute atomic E-state index is 0.167. The molecule has 8 nitrogen and oxygen atoms in total. The Morgan fingerprint density at radius 3 is 2.38 bits per heavy atom. The molecule has 1 amide bonds. The van der Waals surface area contributed by atoms with E-state index in [1.165, 1.54) is 10.4 Å². The van der Waals surface area contributed by atoms with Crippen molar-refractivity contribution < 1.29 is 27.1 Å². The predicted molar refractivity (Wildman–Crippen MR) is 127 cm³/mol. The number of piperidine rings is 1. The van der Waals surface area contributed by atoms with Gasteiger partial charge in [0.05, 0.1) is 18.1 Å². The normalized spacial score (nSPS) is 18.6. The highest BCUT2D eigenvalue weighted by Gasteiger charge is 2.42. The van der Waals surface area contributed by atoms with Crippen LogP contribution < -0.4 is 5.32 Å². The van der Waals surface area contributed by atoms with Gasteiger partial charge >= 0.3 is 0 Å². The molecule has 2 saturated heterocycles. The minimum atomic E-state index is -3.71. The lowest BCUT2D eigenvalue weighted by atomic mass is 10.1. The second kappa shape index (κ2) is 8.49.